The standard InChI is InChI=1S/C10H19N3O/c1-7(2)6-11-9-12-8(14-13-9)10(3,4)5/h7H,6H2,1-5H3,(H,11,13). The minimum Gasteiger partial charge on any atom is -0.351 e. The van der Waals surface area contributed by atoms with Gasteiger partial charge in [-0.25, -0.2) is 0 Å². The van der Waals surface area contributed by atoms with Crippen molar-refractivity contribution in [1.29, 1.82) is 0 Å². The van der Waals surface area contributed by atoms with Crippen molar-refractivity contribution in [2.75, 3.05) is 11.9 Å². The van der Waals surface area contributed by atoms with Gasteiger partial charge in [0.05, 0.1) is 0 Å². The van der Waals surface area contributed by atoms with Gasteiger partial charge in [0.15, 0.2) is 0 Å². The highest BCUT2D eigenvalue weighted by Gasteiger charge is 2.21. The van der Waals surface area contributed by atoms with Gasteiger partial charge in [-0.15, -0.1) is 0 Å². The van der Waals surface area contributed by atoms with Crippen molar-refractivity contribution in [1.82, 2.24) is 10.1 Å². The van der Waals surface area contributed by atoms with Crippen LogP contribution in [-0.4, -0.2) is 16.7 Å². The lowest BCUT2D eigenvalue weighted by Crippen LogP contribution is -2.12. The van der Waals surface area contributed by atoms with E-state index >= 15 is 0 Å². The molecular formula is C10H19N3O. The van der Waals surface area contributed by atoms with Gasteiger partial charge in [-0.1, -0.05) is 34.6 Å². The molecule has 0 aromatic carbocycles. The van der Waals surface area contributed by atoms with Gasteiger partial charge in [-0.05, 0) is 11.1 Å². The van der Waals surface area contributed by atoms with Crippen molar-refractivity contribution in [2.45, 2.75) is 40.0 Å². The zero-order chi connectivity index (χ0) is 10.8. The predicted molar refractivity (Wildman–Crippen MR) is 56.3 cm³/mol. The molecule has 1 aromatic rings. The molecule has 0 aliphatic heterocycles. The Morgan fingerprint density at radius 2 is 2.00 bits per heavy atom. The number of nitrogens with one attached hydrogen (secondary N) is 1. The van der Waals surface area contributed by atoms with Gasteiger partial charge in [-0.3, -0.25) is 0 Å². The Balaban J connectivity index is 2.60. The zero-order valence-electron chi connectivity index (χ0n) is 9.59. The third-order valence-electron chi connectivity index (χ3n) is 1.74. The van der Waals surface area contributed by atoms with Gasteiger partial charge in [-0.2, -0.15) is 4.98 Å². The second-order valence-corrected chi connectivity index (χ2v) is 4.95. The van der Waals surface area contributed by atoms with Crippen molar-refractivity contribution in [3.05, 3.63) is 5.89 Å². The molecule has 0 spiro atoms. The smallest absolute Gasteiger partial charge is 0.263 e. The molecule has 0 unspecified atom stereocenters. The zero-order valence-corrected chi connectivity index (χ0v) is 9.59. The SMILES string of the molecule is CC(C)CNc1noc(C(C)(C)C)n1. The lowest BCUT2D eigenvalue weighted by atomic mass is 9.97. The van der Waals surface area contributed by atoms with Crippen LogP contribution in [0.2, 0.25) is 0 Å². The maximum absolute atomic E-state index is 5.14. The third kappa shape index (κ3) is 3.01. The molecule has 1 rings (SSSR count). The first-order valence-corrected chi connectivity index (χ1v) is 4.97. The number of aromatic nitrogens is 2. The van der Waals surface area contributed by atoms with E-state index in [9.17, 15) is 0 Å². The predicted octanol–water partition coefficient (Wildman–Crippen LogP) is 2.44. The summed E-state index contributed by atoms with van der Waals surface area (Å²) in [6.07, 6.45) is 0. The highest BCUT2D eigenvalue weighted by molar-refractivity contribution is 5.22. The Kier molecular flexibility index (Phi) is 3.13. The highest BCUT2D eigenvalue weighted by Crippen LogP contribution is 2.20. The van der Waals surface area contributed by atoms with E-state index in [1.807, 2.05) is 20.8 Å². The Hall–Kier alpha value is -1.06. The molecular weight excluding hydrogens is 178 g/mol. The number of rotatable bonds is 3. The molecule has 0 aliphatic rings. The average Bonchev–Trinajstić information content (AvgIpc) is 2.47. The van der Waals surface area contributed by atoms with E-state index in [2.05, 4.69) is 29.3 Å². The van der Waals surface area contributed by atoms with E-state index < -0.39 is 0 Å². The van der Waals surface area contributed by atoms with Crippen molar-refractivity contribution in [3.63, 3.8) is 0 Å². The van der Waals surface area contributed by atoms with Crippen LogP contribution in [-0.2, 0) is 5.41 Å². The van der Waals surface area contributed by atoms with Gasteiger partial charge in [0.1, 0.15) is 0 Å². The maximum Gasteiger partial charge on any atom is 0.263 e. The fraction of sp³-hybridized carbons (Fsp3) is 0.800. The Morgan fingerprint density at radius 1 is 1.36 bits per heavy atom. The summed E-state index contributed by atoms with van der Waals surface area (Å²) in [5.74, 6) is 1.83. The minimum absolute atomic E-state index is 0.0786. The molecule has 0 atom stereocenters. The van der Waals surface area contributed by atoms with Gasteiger partial charge < -0.3 is 9.84 Å². The number of nitrogens with zero attached hydrogens (tertiary/aromatic N) is 2. The van der Waals surface area contributed by atoms with Crippen molar-refractivity contribution in [3.8, 4) is 0 Å². The molecule has 0 saturated heterocycles. The van der Waals surface area contributed by atoms with E-state index in [0.29, 0.717) is 17.8 Å². The van der Waals surface area contributed by atoms with Crippen LogP contribution in [0.15, 0.2) is 4.52 Å². The second kappa shape index (κ2) is 3.98. The molecule has 1 aromatic heterocycles. The summed E-state index contributed by atoms with van der Waals surface area (Å²) >= 11 is 0. The lowest BCUT2D eigenvalue weighted by molar-refractivity contribution is 0.321. The summed E-state index contributed by atoms with van der Waals surface area (Å²) in [7, 11) is 0. The molecule has 14 heavy (non-hydrogen) atoms. The first kappa shape index (κ1) is 11.0. The Labute approximate surface area is 85.1 Å². The van der Waals surface area contributed by atoms with Gasteiger partial charge >= 0.3 is 0 Å². The molecule has 80 valence electrons. The van der Waals surface area contributed by atoms with Gasteiger partial charge in [0, 0.05) is 12.0 Å². The molecule has 0 radical (unpaired) electrons. The van der Waals surface area contributed by atoms with Crippen LogP contribution in [0, 0.1) is 5.92 Å². The molecule has 4 nitrogen and oxygen atoms in total. The topological polar surface area (TPSA) is 51.0 Å². The van der Waals surface area contributed by atoms with Gasteiger partial charge in [0.25, 0.3) is 5.95 Å². The first-order chi connectivity index (χ1) is 6.39. The maximum atomic E-state index is 5.14. The summed E-state index contributed by atoms with van der Waals surface area (Å²) in [5.41, 5.74) is -0.0786. The van der Waals surface area contributed by atoms with E-state index in [1.165, 1.54) is 0 Å². The minimum atomic E-state index is -0.0786. The van der Waals surface area contributed by atoms with Crippen LogP contribution in [0.1, 0.15) is 40.5 Å². The summed E-state index contributed by atoms with van der Waals surface area (Å²) in [5, 5.41) is 6.98. The number of anilines is 1. The molecule has 4 heteroatoms. The lowest BCUT2D eigenvalue weighted by Gasteiger charge is -2.10. The molecule has 0 aliphatic carbocycles. The molecule has 0 fully saturated rings. The first-order valence-electron chi connectivity index (χ1n) is 4.97. The van der Waals surface area contributed by atoms with Crippen LogP contribution in [0.4, 0.5) is 5.95 Å². The monoisotopic (exact) mass is 197 g/mol. The van der Waals surface area contributed by atoms with E-state index in [0.717, 1.165) is 6.54 Å². The summed E-state index contributed by atoms with van der Waals surface area (Å²) < 4.78 is 5.14. The van der Waals surface area contributed by atoms with Crippen LogP contribution in [0.25, 0.3) is 0 Å². The van der Waals surface area contributed by atoms with Crippen LogP contribution < -0.4 is 5.32 Å². The third-order valence-corrected chi connectivity index (χ3v) is 1.74. The second-order valence-electron chi connectivity index (χ2n) is 4.95. The average molecular weight is 197 g/mol. The molecule has 0 amide bonds. The van der Waals surface area contributed by atoms with Crippen LogP contribution in [0.5, 0.6) is 0 Å². The van der Waals surface area contributed by atoms with E-state index in [-0.39, 0.29) is 5.41 Å². The fourth-order valence-electron chi connectivity index (χ4n) is 0.895. The Morgan fingerprint density at radius 3 is 2.43 bits per heavy atom. The highest BCUT2D eigenvalue weighted by atomic mass is 16.5. The Bertz CT molecular complexity index is 286. The number of hydrogen-bond acceptors (Lipinski definition) is 4. The van der Waals surface area contributed by atoms with Crippen LogP contribution in [0.3, 0.4) is 0 Å². The molecule has 0 saturated carbocycles. The largest absolute Gasteiger partial charge is 0.351 e. The molecule has 1 N–H and O–H groups in total. The van der Waals surface area contributed by atoms with Crippen molar-refractivity contribution in [2.24, 2.45) is 5.92 Å². The quantitative estimate of drug-likeness (QED) is 0.808. The van der Waals surface area contributed by atoms with Crippen molar-refractivity contribution < 1.29 is 4.52 Å². The van der Waals surface area contributed by atoms with Crippen molar-refractivity contribution >= 4 is 5.95 Å². The summed E-state index contributed by atoms with van der Waals surface area (Å²) in [6, 6.07) is 0. The number of hydrogen-bond donors (Lipinski definition) is 1. The molecule has 0 bridgehead atoms. The van der Waals surface area contributed by atoms with Crippen LogP contribution >= 0.6 is 0 Å². The summed E-state index contributed by atoms with van der Waals surface area (Å²) in [6.45, 7) is 11.3. The fourth-order valence-corrected chi connectivity index (χ4v) is 0.895. The summed E-state index contributed by atoms with van der Waals surface area (Å²) in [4.78, 5) is 4.26. The van der Waals surface area contributed by atoms with Gasteiger partial charge in [0.2, 0.25) is 5.89 Å². The normalized spacial score (nSPS) is 12.1. The van der Waals surface area contributed by atoms with E-state index in [4.69, 9.17) is 4.52 Å². The molecule has 1 heterocycles. The van der Waals surface area contributed by atoms with E-state index in [1.54, 1.807) is 0 Å².